The number of halogens is 4. The Kier molecular flexibility index (Phi) is 4.91. The third kappa shape index (κ3) is 3.22. The molecule has 2 aromatic carbocycles. The summed E-state index contributed by atoms with van der Waals surface area (Å²) in [7, 11) is 3.76. The Morgan fingerprint density at radius 1 is 0.810 bits per heavy atom. The molecule has 0 aromatic heterocycles. The van der Waals surface area contributed by atoms with Crippen molar-refractivity contribution in [3.63, 3.8) is 0 Å². The fourth-order valence-corrected chi connectivity index (χ4v) is 2.99. The third-order valence-corrected chi connectivity index (χ3v) is 4.23. The van der Waals surface area contributed by atoms with Crippen LogP contribution >= 0.6 is 46.4 Å². The molecule has 0 radical (unpaired) electrons. The van der Waals surface area contributed by atoms with E-state index in [-0.39, 0.29) is 0 Å². The molecule has 6 heteroatoms. The zero-order valence-electron chi connectivity index (χ0n) is 11.2. The maximum atomic E-state index is 8.95. The van der Waals surface area contributed by atoms with Crippen molar-refractivity contribution in [3.8, 4) is 17.2 Å². The van der Waals surface area contributed by atoms with E-state index >= 15 is 0 Å². The van der Waals surface area contributed by atoms with Gasteiger partial charge in [-0.05, 0) is 24.3 Å². The van der Waals surface area contributed by atoms with E-state index in [1.165, 1.54) is 6.07 Å². The molecule has 2 nitrogen and oxygen atoms in total. The van der Waals surface area contributed by atoms with Gasteiger partial charge in [-0.25, -0.2) is 0 Å². The monoisotopic (exact) mass is 358 g/mol. The number of nitriles is 1. The van der Waals surface area contributed by atoms with Gasteiger partial charge in [0, 0.05) is 30.2 Å². The second kappa shape index (κ2) is 6.34. The van der Waals surface area contributed by atoms with Gasteiger partial charge in [0.05, 0.1) is 26.3 Å². The normalized spacial score (nSPS) is 10.3. The highest BCUT2D eigenvalue weighted by molar-refractivity contribution is 6.39. The molecule has 0 aliphatic rings. The predicted molar refractivity (Wildman–Crippen MR) is 91.0 cm³/mol. The molecule has 0 bridgehead atoms. The number of hydrogen-bond acceptors (Lipinski definition) is 2. The Balaban J connectivity index is 2.66. The molecule has 0 saturated heterocycles. The van der Waals surface area contributed by atoms with Crippen molar-refractivity contribution in [1.82, 2.24) is 0 Å². The number of nitrogens with zero attached hydrogens (tertiary/aromatic N) is 2. The van der Waals surface area contributed by atoms with Crippen molar-refractivity contribution in [2.45, 2.75) is 0 Å². The summed E-state index contributed by atoms with van der Waals surface area (Å²) in [5.74, 6) is 0. The lowest BCUT2D eigenvalue weighted by atomic mass is 10.0. The number of benzene rings is 2. The summed E-state index contributed by atoms with van der Waals surface area (Å²) >= 11 is 24.9. The largest absolute Gasteiger partial charge is 0.376 e. The van der Waals surface area contributed by atoms with E-state index < -0.39 is 0 Å². The van der Waals surface area contributed by atoms with Gasteiger partial charge in [0.1, 0.15) is 6.07 Å². The predicted octanol–water partition coefficient (Wildman–Crippen LogP) is 5.90. The van der Waals surface area contributed by atoms with E-state index in [2.05, 4.69) is 0 Å². The molecule has 0 fully saturated rings. The van der Waals surface area contributed by atoms with E-state index in [0.29, 0.717) is 36.8 Å². The van der Waals surface area contributed by atoms with E-state index in [4.69, 9.17) is 51.7 Å². The van der Waals surface area contributed by atoms with E-state index in [9.17, 15) is 0 Å². The van der Waals surface area contributed by atoms with Gasteiger partial charge in [-0.3, -0.25) is 0 Å². The van der Waals surface area contributed by atoms with E-state index in [1.807, 2.05) is 25.1 Å². The van der Waals surface area contributed by atoms with Crippen LogP contribution in [0.1, 0.15) is 5.56 Å². The molecule has 0 heterocycles. The zero-order valence-corrected chi connectivity index (χ0v) is 14.2. The molecule has 2 rings (SSSR count). The van der Waals surface area contributed by atoms with Crippen molar-refractivity contribution < 1.29 is 0 Å². The molecule has 2 aromatic rings. The average Bonchev–Trinajstić information content (AvgIpc) is 2.42. The second-order valence-corrected chi connectivity index (χ2v) is 6.23. The van der Waals surface area contributed by atoms with E-state index in [0.717, 1.165) is 5.69 Å². The lowest BCUT2D eigenvalue weighted by Gasteiger charge is -2.17. The second-order valence-electron chi connectivity index (χ2n) is 4.60. The zero-order chi connectivity index (χ0) is 15.7. The lowest BCUT2D eigenvalue weighted by Crippen LogP contribution is -2.09. The van der Waals surface area contributed by atoms with Crippen molar-refractivity contribution in [2.24, 2.45) is 0 Å². The van der Waals surface area contributed by atoms with E-state index in [1.54, 1.807) is 18.2 Å². The molecule has 0 aliphatic carbocycles. The van der Waals surface area contributed by atoms with Crippen LogP contribution in [-0.2, 0) is 0 Å². The highest BCUT2D eigenvalue weighted by Crippen LogP contribution is 2.40. The highest BCUT2D eigenvalue weighted by atomic mass is 35.5. The van der Waals surface area contributed by atoms with Crippen molar-refractivity contribution in [3.05, 3.63) is 49.9 Å². The molecule has 0 spiro atoms. The van der Waals surface area contributed by atoms with Crippen molar-refractivity contribution in [2.75, 3.05) is 19.0 Å². The summed E-state index contributed by atoms with van der Waals surface area (Å²) in [6.45, 7) is 0. The highest BCUT2D eigenvalue weighted by Gasteiger charge is 2.15. The summed E-state index contributed by atoms with van der Waals surface area (Å²) in [5, 5.41) is 10.7. The SMILES string of the molecule is CN(C)c1cc(Cl)c(-c2cc(Cl)c(C#N)cc2Cl)cc1Cl. The maximum Gasteiger partial charge on any atom is 0.101 e. The maximum absolute atomic E-state index is 8.95. The van der Waals surface area contributed by atoms with Gasteiger partial charge >= 0.3 is 0 Å². The summed E-state index contributed by atoms with van der Waals surface area (Å²) in [6.07, 6.45) is 0. The van der Waals surface area contributed by atoms with Gasteiger partial charge in [0.25, 0.3) is 0 Å². The van der Waals surface area contributed by atoms with Crippen LogP contribution in [0.5, 0.6) is 0 Å². The molecular weight excluding hydrogens is 350 g/mol. The lowest BCUT2D eigenvalue weighted by molar-refractivity contribution is 1.13. The van der Waals surface area contributed by atoms with Crippen LogP contribution < -0.4 is 4.90 Å². The van der Waals surface area contributed by atoms with Crippen LogP contribution in [0.4, 0.5) is 5.69 Å². The quantitative estimate of drug-likeness (QED) is 0.666. The fraction of sp³-hybridized carbons (Fsp3) is 0.133. The van der Waals surface area contributed by atoms with Gasteiger partial charge in [0.15, 0.2) is 0 Å². The molecule has 0 N–H and O–H groups in total. The summed E-state index contributed by atoms with van der Waals surface area (Å²) < 4.78 is 0. The van der Waals surface area contributed by atoms with Crippen molar-refractivity contribution in [1.29, 1.82) is 5.26 Å². The third-order valence-electron chi connectivity index (χ3n) is 2.99. The van der Waals surface area contributed by atoms with Crippen LogP contribution in [-0.4, -0.2) is 14.1 Å². The van der Waals surface area contributed by atoms with Crippen LogP contribution in [0, 0.1) is 11.3 Å². The Morgan fingerprint density at radius 3 is 1.86 bits per heavy atom. The molecule has 0 unspecified atom stereocenters. The van der Waals surface area contributed by atoms with Gasteiger partial charge in [-0.2, -0.15) is 5.26 Å². The first kappa shape index (κ1) is 16.3. The van der Waals surface area contributed by atoms with Crippen LogP contribution in [0.3, 0.4) is 0 Å². The van der Waals surface area contributed by atoms with Gasteiger partial charge < -0.3 is 4.90 Å². The fourth-order valence-electron chi connectivity index (χ4n) is 1.92. The number of anilines is 1. The first-order valence-electron chi connectivity index (χ1n) is 5.91. The van der Waals surface area contributed by atoms with Gasteiger partial charge in [-0.1, -0.05) is 46.4 Å². The molecule has 0 amide bonds. The van der Waals surface area contributed by atoms with Gasteiger partial charge in [-0.15, -0.1) is 0 Å². The number of hydrogen-bond donors (Lipinski definition) is 0. The Bertz CT molecular complexity index is 748. The number of rotatable bonds is 2. The molecule has 0 aliphatic heterocycles. The molecule has 21 heavy (non-hydrogen) atoms. The van der Waals surface area contributed by atoms with Crippen molar-refractivity contribution >= 4 is 52.1 Å². The molecule has 0 atom stereocenters. The summed E-state index contributed by atoms with van der Waals surface area (Å²) in [5.41, 5.74) is 2.43. The smallest absolute Gasteiger partial charge is 0.101 e. The Labute approximate surface area is 143 Å². The average molecular weight is 360 g/mol. The minimum Gasteiger partial charge on any atom is -0.376 e. The van der Waals surface area contributed by atoms with Crippen LogP contribution in [0.25, 0.3) is 11.1 Å². The van der Waals surface area contributed by atoms with Crippen LogP contribution in [0.2, 0.25) is 20.1 Å². The van der Waals surface area contributed by atoms with Gasteiger partial charge in [0.2, 0.25) is 0 Å². The Hall–Kier alpha value is -1.11. The first-order chi connectivity index (χ1) is 9.85. The van der Waals surface area contributed by atoms with Crippen LogP contribution in [0.15, 0.2) is 24.3 Å². The molecule has 0 saturated carbocycles. The summed E-state index contributed by atoms with van der Waals surface area (Å²) in [6, 6.07) is 8.62. The Morgan fingerprint density at radius 2 is 1.33 bits per heavy atom. The standard InChI is InChI=1S/C15H10Cl4N2/c1-21(2)15-6-13(18)10(5-14(15)19)9-4-11(16)8(7-20)3-12(9)17/h3-6H,1-2H3. The minimum atomic E-state index is 0.317. The molecule has 108 valence electrons. The minimum absolute atomic E-state index is 0.317. The first-order valence-corrected chi connectivity index (χ1v) is 7.42. The molecular formula is C15H10Cl4N2. The topological polar surface area (TPSA) is 27.0 Å². The summed E-state index contributed by atoms with van der Waals surface area (Å²) in [4.78, 5) is 1.87.